The summed E-state index contributed by atoms with van der Waals surface area (Å²) in [6, 6.07) is 16.7. The summed E-state index contributed by atoms with van der Waals surface area (Å²) in [4.78, 5) is 12.3. The smallest absolute Gasteiger partial charge is 0.223 e. The van der Waals surface area contributed by atoms with E-state index >= 15 is 0 Å². The molecule has 0 radical (unpaired) electrons. The molecule has 2 aromatic carbocycles. The van der Waals surface area contributed by atoms with E-state index in [0.29, 0.717) is 12.5 Å². The average molecular weight is 333 g/mol. The summed E-state index contributed by atoms with van der Waals surface area (Å²) < 4.78 is 2.03. The van der Waals surface area contributed by atoms with Crippen LogP contribution in [0.4, 0.5) is 0 Å². The summed E-state index contributed by atoms with van der Waals surface area (Å²) in [6.07, 6.45) is 3.76. The standard InChI is InChI=1S/C21H23N3O/c1-15-8-9-17-14-23-24(20(17)12-15)11-5-10-22-21(25)19-13-18(19)16-6-3-2-4-7-16/h2-4,6-9,12,14,18-19H,5,10-11,13H2,1H3,(H,22,25). The monoisotopic (exact) mass is 333 g/mol. The third-order valence-electron chi connectivity index (χ3n) is 5.00. The van der Waals surface area contributed by atoms with Gasteiger partial charge in [-0.05, 0) is 42.9 Å². The first kappa shape index (κ1) is 15.9. The molecule has 0 bridgehead atoms. The van der Waals surface area contributed by atoms with Crippen molar-refractivity contribution in [3.8, 4) is 0 Å². The van der Waals surface area contributed by atoms with Gasteiger partial charge in [0.25, 0.3) is 0 Å². The van der Waals surface area contributed by atoms with Crippen LogP contribution in [0.1, 0.15) is 29.9 Å². The largest absolute Gasteiger partial charge is 0.356 e. The molecule has 25 heavy (non-hydrogen) atoms. The Morgan fingerprint density at radius 2 is 2.08 bits per heavy atom. The Hall–Kier alpha value is -2.62. The van der Waals surface area contributed by atoms with Crippen LogP contribution in [0.3, 0.4) is 0 Å². The number of aromatic nitrogens is 2. The maximum atomic E-state index is 12.3. The molecule has 0 spiro atoms. The highest BCUT2D eigenvalue weighted by molar-refractivity contribution is 5.83. The van der Waals surface area contributed by atoms with Crippen molar-refractivity contribution in [1.29, 1.82) is 0 Å². The molecule has 1 saturated carbocycles. The van der Waals surface area contributed by atoms with Crippen molar-refractivity contribution in [2.24, 2.45) is 5.92 Å². The van der Waals surface area contributed by atoms with E-state index in [0.717, 1.165) is 24.9 Å². The third-order valence-corrected chi connectivity index (χ3v) is 5.00. The fourth-order valence-corrected chi connectivity index (χ4v) is 3.48. The van der Waals surface area contributed by atoms with Gasteiger partial charge in [-0.3, -0.25) is 9.48 Å². The number of nitrogens with zero attached hydrogens (tertiary/aromatic N) is 2. The summed E-state index contributed by atoms with van der Waals surface area (Å²) in [6.45, 7) is 3.61. The second-order valence-electron chi connectivity index (χ2n) is 6.93. The van der Waals surface area contributed by atoms with Gasteiger partial charge >= 0.3 is 0 Å². The molecular weight excluding hydrogens is 310 g/mol. The maximum absolute atomic E-state index is 12.3. The number of rotatable bonds is 6. The van der Waals surface area contributed by atoms with E-state index in [-0.39, 0.29) is 11.8 Å². The molecule has 1 heterocycles. The van der Waals surface area contributed by atoms with Crippen molar-refractivity contribution in [1.82, 2.24) is 15.1 Å². The Kier molecular flexibility index (Phi) is 4.26. The summed E-state index contributed by atoms with van der Waals surface area (Å²) in [5.41, 5.74) is 3.68. The van der Waals surface area contributed by atoms with Crippen molar-refractivity contribution in [3.63, 3.8) is 0 Å². The molecule has 1 fully saturated rings. The van der Waals surface area contributed by atoms with Gasteiger partial charge in [-0.2, -0.15) is 5.10 Å². The highest BCUT2D eigenvalue weighted by Crippen LogP contribution is 2.47. The topological polar surface area (TPSA) is 46.9 Å². The molecule has 2 atom stereocenters. The first-order chi connectivity index (χ1) is 12.2. The first-order valence-corrected chi connectivity index (χ1v) is 8.97. The number of hydrogen-bond donors (Lipinski definition) is 1. The minimum Gasteiger partial charge on any atom is -0.356 e. The molecule has 1 aromatic heterocycles. The second-order valence-corrected chi connectivity index (χ2v) is 6.93. The second kappa shape index (κ2) is 6.71. The number of fused-ring (bicyclic) bond motifs is 1. The quantitative estimate of drug-likeness (QED) is 0.700. The summed E-state index contributed by atoms with van der Waals surface area (Å²) in [5.74, 6) is 0.741. The van der Waals surface area contributed by atoms with Crippen LogP contribution in [-0.4, -0.2) is 22.2 Å². The molecule has 128 valence electrons. The number of nitrogens with one attached hydrogen (secondary N) is 1. The lowest BCUT2D eigenvalue weighted by Gasteiger charge is -2.07. The SMILES string of the molecule is Cc1ccc2cnn(CCCNC(=O)C3CC3c3ccccc3)c2c1. The molecule has 0 aliphatic heterocycles. The first-order valence-electron chi connectivity index (χ1n) is 8.97. The third kappa shape index (κ3) is 3.43. The summed E-state index contributed by atoms with van der Waals surface area (Å²) in [7, 11) is 0. The Morgan fingerprint density at radius 1 is 1.24 bits per heavy atom. The molecular formula is C21H23N3O. The highest BCUT2D eigenvalue weighted by Gasteiger charge is 2.43. The number of aryl methyl sites for hydroxylation is 2. The average Bonchev–Trinajstić information content (AvgIpc) is 3.35. The van der Waals surface area contributed by atoms with E-state index in [1.54, 1.807) is 0 Å². The predicted molar refractivity (Wildman–Crippen MR) is 99.4 cm³/mol. The van der Waals surface area contributed by atoms with Crippen LogP contribution in [0.15, 0.2) is 54.7 Å². The zero-order valence-corrected chi connectivity index (χ0v) is 14.5. The summed E-state index contributed by atoms with van der Waals surface area (Å²) in [5, 5.41) is 8.71. The van der Waals surface area contributed by atoms with Crippen LogP contribution in [0.2, 0.25) is 0 Å². The lowest BCUT2D eigenvalue weighted by molar-refractivity contribution is -0.122. The Balaban J connectivity index is 1.26. The molecule has 4 rings (SSSR count). The zero-order chi connectivity index (χ0) is 17.2. The van der Waals surface area contributed by atoms with Crippen LogP contribution in [0.25, 0.3) is 10.9 Å². The number of carbonyl (C=O) groups excluding carboxylic acids is 1. The Labute approximate surface area is 147 Å². The van der Waals surface area contributed by atoms with Crippen LogP contribution in [0.5, 0.6) is 0 Å². The number of amides is 1. The van der Waals surface area contributed by atoms with E-state index in [4.69, 9.17) is 0 Å². The van der Waals surface area contributed by atoms with E-state index in [1.165, 1.54) is 16.5 Å². The van der Waals surface area contributed by atoms with Gasteiger partial charge in [0.15, 0.2) is 0 Å². The van der Waals surface area contributed by atoms with E-state index in [1.807, 2.05) is 29.1 Å². The molecule has 4 heteroatoms. The van der Waals surface area contributed by atoms with E-state index in [2.05, 4.69) is 47.7 Å². The normalized spacial score (nSPS) is 19.1. The predicted octanol–water partition coefficient (Wildman–Crippen LogP) is 3.65. The maximum Gasteiger partial charge on any atom is 0.223 e. The molecule has 1 aliphatic rings. The van der Waals surface area contributed by atoms with Crippen LogP contribution >= 0.6 is 0 Å². The lowest BCUT2D eigenvalue weighted by Crippen LogP contribution is -2.27. The molecule has 1 N–H and O–H groups in total. The van der Waals surface area contributed by atoms with Crippen LogP contribution in [0, 0.1) is 12.8 Å². The van der Waals surface area contributed by atoms with Gasteiger partial charge in [0.1, 0.15) is 0 Å². The van der Waals surface area contributed by atoms with Crippen LogP contribution < -0.4 is 5.32 Å². The molecule has 4 nitrogen and oxygen atoms in total. The van der Waals surface area contributed by atoms with Gasteiger partial charge in [-0.15, -0.1) is 0 Å². The number of carbonyl (C=O) groups is 1. The fraction of sp³-hybridized carbons (Fsp3) is 0.333. The Bertz CT molecular complexity index is 885. The van der Waals surface area contributed by atoms with Crippen molar-refractivity contribution in [2.75, 3.05) is 6.54 Å². The van der Waals surface area contributed by atoms with Crippen molar-refractivity contribution in [2.45, 2.75) is 32.2 Å². The van der Waals surface area contributed by atoms with Crippen LogP contribution in [-0.2, 0) is 11.3 Å². The zero-order valence-electron chi connectivity index (χ0n) is 14.5. The van der Waals surface area contributed by atoms with Gasteiger partial charge in [0, 0.05) is 24.4 Å². The van der Waals surface area contributed by atoms with Crippen molar-refractivity contribution >= 4 is 16.8 Å². The number of hydrogen-bond acceptors (Lipinski definition) is 2. The Morgan fingerprint density at radius 3 is 2.92 bits per heavy atom. The van der Waals surface area contributed by atoms with Gasteiger partial charge in [-0.1, -0.05) is 42.5 Å². The van der Waals surface area contributed by atoms with Gasteiger partial charge in [0.05, 0.1) is 11.7 Å². The summed E-state index contributed by atoms with van der Waals surface area (Å²) >= 11 is 0. The molecule has 1 amide bonds. The van der Waals surface area contributed by atoms with E-state index in [9.17, 15) is 4.79 Å². The molecule has 1 aliphatic carbocycles. The number of benzene rings is 2. The minimum atomic E-state index is 0.149. The fourth-order valence-electron chi connectivity index (χ4n) is 3.48. The molecule has 3 aromatic rings. The van der Waals surface area contributed by atoms with Gasteiger partial charge in [0.2, 0.25) is 5.91 Å². The molecule has 2 unspecified atom stereocenters. The van der Waals surface area contributed by atoms with Crippen molar-refractivity contribution in [3.05, 3.63) is 65.9 Å². The van der Waals surface area contributed by atoms with Crippen molar-refractivity contribution < 1.29 is 4.79 Å². The van der Waals surface area contributed by atoms with Gasteiger partial charge in [-0.25, -0.2) is 0 Å². The highest BCUT2D eigenvalue weighted by atomic mass is 16.2. The van der Waals surface area contributed by atoms with E-state index < -0.39 is 0 Å². The minimum absolute atomic E-state index is 0.149. The van der Waals surface area contributed by atoms with Gasteiger partial charge < -0.3 is 5.32 Å². The lowest BCUT2D eigenvalue weighted by atomic mass is 10.1. The molecule has 0 saturated heterocycles.